The van der Waals surface area contributed by atoms with Crippen LogP contribution in [0.5, 0.6) is 0 Å². The summed E-state index contributed by atoms with van der Waals surface area (Å²) in [7, 11) is 0. The van der Waals surface area contributed by atoms with Crippen LogP contribution in [0.3, 0.4) is 0 Å². The normalized spacial score (nSPS) is 14.7. The Balaban J connectivity index is 1.38. The summed E-state index contributed by atoms with van der Waals surface area (Å²) in [6.45, 7) is 5.03. The van der Waals surface area contributed by atoms with E-state index in [0.29, 0.717) is 12.1 Å². The van der Waals surface area contributed by atoms with Crippen LogP contribution in [-0.2, 0) is 17.8 Å². The Morgan fingerprint density at radius 3 is 2.34 bits per heavy atom. The number of hydrogen-bond donors (Lipinski definition) is 2. The van der Waals surface area contributed by atoms with E-state index in [4.69, 9.17) is 9.94 Å². The lowest BCUT2D eigenvalue weighted by Gasteiger charge is -2.26. The molecule has 0 atom stereocenters. The van der Waals surface area contributed by atoms with E-state index in [1.54, 1.807) is 22.3 Å². The molecule has 0 spiro atoms. The first-order chi connectivity index (χ1) is 14.2. The second-order valence-corrected chi connectivity index (χ2v) is 7.02. The Morgan fingerprint density at radius 2 is 1.66 bits per heavy atom. The molecule has 0 radical (unpaired) electrons. The Hall–Kier alpha value is -3.07. The van der Waals surface area contributed by atoms with E-state index in [1.165, 1.54) is 5.56 Å². The number of nitrogens with one attached hydrogen (secondary N) is 1. The van der Waals surface area contributed by atoms with Crippen molar-refractivity contribution >= 4 is 5.91 Å². The molecule has 1 saturated heterocycles. The van der Waals surface area contributed by atoms with Gasteiger partial charge in [-0.3, -0.25) is 14.9 Å². The average molecular weight is 393 g/mol. The van der Waals surface area contributed by atoms with Gasteiger partial charge in [0.05, 0.1) is 26.0 Å². The summed E-state index contributed by atoms with van der Waals surface area (Å²) in [5.74, 6) is -0.531. The third-order valence-electron chi connectivity index (χ3n) is 4.96. The number of rotatable bonds is 6. The molecule has 0 aliphatic carbocycles. The van der Waals surface area contributed by atoms with Crippen LogP contribution in [0.4, 0.5) is 0 Å². The number of hydroxylamine groups is 1. The quantitative estimate of drug-likeness (QED) is 0.491. The predicted molar refractivity (Wildman–Crippen MR) is 106 cm³/mol. The maximum atomic E-state index is 11.4. The molecule has 1 aliphatic rings. The van der Waals surface area contributed by atoms with Crippen molar-refractivity contribution < 1.29 is 14.7 Å². The lowest BCUT2D eigenvalue weighted by molar-refractivity contribution is 0.0342. The van der Waals surface area contributed by atoms with Crippen molar-refractivity contribution in [3.8, 4) is 11.3 Å². The van der Waals surface area contributed by atoms with Gasteiger partial charge in [0.25, 0.3) is 5.91 Å². The molecule has 150 valence electrons. The molecule has 4 rings (SSSR count). The van der Waals surface area contributed by atoms with E-state index in [0.717, 1.165) is 49.7 Å². The van der Waals surface area contributed by atoms with Crippen molar-refractivity contribution in [3.63, 3.8) is 0 Å². The van der Waals surface area contributed by atoms with Crippen LogP contribution in [-0.4, -0.2) is 57.3 Å². The Labute approximate surface area is 168 Å². The molecule has 1 fully saturated rings. The summed E-state index contributed by atoms with van der Waals surface area (Å²) in [6, 6.07) is 15.4. The van der Waals surface area contributed by atoms with Crippen LogP contribution >= 0.6 is 0 Å². The number of morpholine rings is 1. The number of carbonyl (C=O) groups excluding carboxylic acids is 1. The second kappa shape index (κ2) is 8.95. The van der Waals surface area contributed by atoms with Crippen LogP contribution in [0.15, 0.2) is 54.7 Å². The van der Waals surface area contributed by atoms with Gasteiger partial charge in [0.2, 0.25) is 0 Å². The molecule has 2 N–H and O–H groups in total. The molecule has 3 aromatic rings. The molecule has 0 unspecified atom stereocenters. The molecule has 1 aliphatic heterocycles. The Bertz CT molecular complexity index is 947. The summed E-state index contributed by atoms with van der Waals surface area (Å²) >= 11 is 0. The van der Waals surface area contributed by atoms with Gasteiger partial charge in [0, 0.05) is 30.8 Å². The van der Waals surface area contributed by atoms with Gasteiger partial charge in [-0.2, -0.15) is 0 Å². The van der Waals surface area contributed by atoms with Crippen LogP contribution in [0.2, 0.25) is 0 Å². The highest BCUT2D eigenvalue weighted by molar-refractivity contribution is 5.93. The lowest BCUT2D eigenvalue weighted by atomic mass is 10.1. The minimum Gasteiger partial charge on any atom is -0.379 e. The van der Waals surface area contributed by atoms with E-state index in [1.807, 2.05) is 18.3 Å². The van der Waals surface area contributed by atoms with Gasteiger partial charge in [-0.1, -0.05) is 41.6 Å². The fourth-order valence-corrected chi connectivity index (χ4v) is 3.32. The molecule has 1 amide bonds. The SMILES string of the molecule is O=C(NO)c1ccc(Cn2cc(-c3ccc(CN4CCOCC4)cc3)nn2)cc1. The van der Waals surface area contributed by atoms with E-state index in [-0.39, 0.29) is 0 Å². The van der Waals surface area contributed by atoms with Crippen molar-refractivity contribution in [1.29, 1.82) is 0 Å². The first-order valence-corrected chi connectivity index (χ1v) is 9.54. The molecule has 0 bridgehead atoms. The van der Waals surface area contributed by atoms with Crippen LogP contribution in [0.25, 0.3) is 11.3 Å². The van der Waals surface area contributed by atoms with Gasteiger partial charge in [-0.05, 0) is 23.3 Å². The topological polar surface area (TPSA) is 92.5 Å². The minimum atomic E-state index is -0.531. The molecule has 1 aromatic heterocycles. The number of nitrogens with zero attached hydrogens (tertiary/aromatic N) is 4. The van der Waals surface area contributed by atoms with E-state index < -0.39 is 5.91 Å². The zero-order valence-electron chi connectivity index (χ0n) is 16.0. The molecule has 0 saturated carbocycles. The number of carbonyl (C=O) groups is 1. The zero-order valence-corrected chi connectivity index (χ0v) is 16.0. The molecule has 8 heteroatoms. The highest BCUT2D eigenvalue weighted by Gasteiger charge is 2.11. The summed E-state index contributed by atoms with van der Waals surface area (Å²) in [4.78, 5) is 13.8. The first-order valence-electron chi connectivity index (χ1n) is 9.54. The van der Waals surface area contributed by atoms with Gasteiger partial charge in [-0.15, -0.1) is 5.10 Å². The van der Waals surface area contributed by atoms with Crippen molar-refractivity contribution in [3.05, 3.63) is 71.4 Å². The highest BCUT2D eigenvalue weighted by atomic mass is 16.5. The van der Waals surface area contributed by atoms with Crippen molar-refractivity contribution in [2.75, 3.05) is 26.3 Å². The van der Waals surface area contributed by atoms with Gasteiger partial charge in [-0.25, -0.2) is 10.2 Å². The van der Waals surface area contributed by atoms with Gasteiger partial charge in [0.15, 0.2) is 0 Å². The number of ether oxygens (including phenoxy) is 1. The largest absolute Gasteiger partial charge is 0.379 e. The molecular weight excluding hydrogens is 370 g/mol. The van der Waals surface area contributed by atoms with Gasteiger partial charge < -0.3 is 4.74 Å². The first kappa shape index (κ1) is 19.3. The zero-order chi connectivity index (χ0) is 20.1. The molecule has 2 heterocycles. The number of amides is 1. The number of benzene rings is 2. The fraction of sp³-hybridized carbons (Fsp3) is 0.286. The van der Waals surface area contributed by atoms with Crippen molar-refractivity contribution in [2.45, 2.75) is 13.1 Å². The van der Waals surface area contributed by atoms with Crippen molar-refractivity contribution in [2.24, 2.45) is 0 Å². The van der Waals surface area contributed by atoms with E-state index >= 15 is 0 Å². The standard InChI is InChI=1S/C21H23N5O3/c27-21(23-28)19-7-3-17(4-8-19)14-26-15-20(22-24-26)18-5-1-16(2-6-18)13-25-9-11-29-12-10-25/h1-8,15,28H,9-14H2,(H,23,27). The Kier molecular flexibility index (Phi) is 5.95. The summed E-state index contributed by atoms with van der Waals surface area (Å²) in [6.07, 6.45) is 1.91. The van der Waals surface area contributed by atoms with Crippen LogP contribution in [0.1, 0.15) is 21.5 Å². The minimum absolute atomic E-state index is 0.396. The Morgan fingerprint density at radius 1 is 1.00 bits per heavy atom. The van der Waals surface area contributed by atoms with Gasteiger partial charge >= 0.3 is 0 Å². The maximum Gasteiger partial charge on any atom is 0.274 e. The van der Waals surface area contributed by atoms with Crippen molar-refractivity contribution in [1.82, 2.24) is 25.4 Å². The molecule has 8 nitrogen and oxygen atoms in total. The third kappa shape index (κ3) is 4.86. The van der Waals surface area contributed by atoms with Gasteiger partial charge in [0.1, 0.15) is 5.69 Å². The molecule has 29 heavy (non-hydrogen) atoms. The summed E-state index contributed by atoms with van der Waals surface area (Å²) in [5.41, 5.74) is 6.12. The molecule has 2 aromatic carbocycles. The smallest absolute Gasteiger partial charge is 0.274 e. The highest BCUT2D eigenvalue weighted by Crippen LogP contribution is 2.18. The van der Waals surface area contributed by atoms with E-state index in [9.17, 15) is 4.79 Å². The summed E-state index contributed by atoms with van der Waals surface area (Å²) < 4.78 is 7.16. The van der Waals surface area contributed by atoms with E-state index in [2.05, 4.69) is 39.5 Å². The number of hydrogen-bond acceptors (Lipinski definition) is 6. The predicted octanol–water partition coefficient (Wildman–Crippen LogP) is 1.94. The monoisotopic (exact) mass is 393 g/mol. The lowest BCUT2D eigenvalue weighted by Crippen LogP contribution is -2.35. The third-order valence-corrected chi connectivity index (χ3v) is 4.96. The second-order valence-electron chi connectivity index (χ2n) is 7.02. The number of aromatic nitrogens is 3. The van der Waals surface area contributed by atoms with Crippen LogP contribution in [0, 0.1) is 0 Å². The maximum absolute atomic E-state index is 11.4. The van der Waals surface area contributed by atoms with Crippen LogP contribution < -0.4 is 5.48 Å². The summed E-state index contributed by atoms with van der Waals surface area (Å²) in [5, 5.41) is 17.2. The average Bonchev–Trinajstić information content (AvgIpc) is 3.23. The fourth-order valence-electron chi connectivity index (χ4n) is 3.32. The molecular formula is C21H23N5O3.